The van der Waals surface area contributed by atoms with Gasteiger partial charge in [-0.3, -0.25) is 4.79 Å². The minimum absolute atomic E-state index is 0.130. The topological polar surface area (TPSA) is 75.1 Å². The van der Waals surface area contributed by atoms with Crippen LogP contribution in [0.25, 0.3) is 0 Å². The van der Waals surface area contributed by atoms with Crippen LogP contribution in [0, 0.1) is 0 Å². The molecule has 0 spiro atoms. The molecule has 5 nitrogen and oxygen atoms in total. The maximum absolute atomic E-state index is 12.5. The predicted octanol–water partition coefficient (Wildman–Crippen LogP) is 2.84. The Morgan fingerprint density at radius 1 is 1.20 bits per heavy atom. The van der Waals surface area contributed by atoms with Gasteiger partial charge < -0.3 is 10.4 Å². The molecule has 8 heteroatoms. The van der Waals surface area contributed by atoms with Crippen LogP contribution in [0.15, 0.2) is 36.7 Å². The van der Waals surface area contributed by atoms with Gasteiger partial charge in [0.25, 0.3) is 5.91 Å². The van der Waals surface area contributed by atoms with Gasteiger partial charge >= 0.3 is 6.18 Å². The van der Waals surface area contributed by atoms with Gasteiger partial charge in [0.05, 0.1) is 17.2 Å². The normalized spacial score (nSPS) is 15.7. The summed E-state index contributed by atoms with van der Waals surface area (Å²) < 4.78 is 37.5. The highest BCUT2D eigenvalue weighted by molar-refractivity contribution is 5.93. The molecule has 1 aliphatic carbocycles. The van der Waals surface area contributed by atoms with Crippen LogP contribution in [0.4, 0.5) is 13.2 Å². The van der Waals surface area contributed by atoms with Crippen molar-refractivity contribution in [3.8, 4) is 0 Å². The average Bonchev–Trinajstić information content (AvgIpc) is 3.44. The zero-order chi connectivity index (χ0) is 18.0. The Kier molecular flexibility index (Phi) is 4.71. The minimum Gasteiger partial charge on any atom is -0.387 e. The highest BCUT2D eigenvalue weighted by atomic mass is 19.4. The summed E-state index contributed by atoms with van der Waals surface area (Å²) in [5.41, 5.74) is -0.238. The Hall–Kier alpha value is -2.48. The lowest BCUT2D eigenvalue weighted by molar-refractivity contribution is -0.137. The van der Waals surface area contributed by atoms with E-state index in [1.165, 1.54) is 24.5 Å². The monoisotopic (exact) mass is 351 g/mol. The third kappa shape index (κ3) is 4.33. The van der Waals surface area contributed by atoms with E-state index in [0.29, 0.717) is 5.92 Å². The summed E-state index contributed by atoms with van der Waals surface area (Å²) >= 11 is 0. The standard InChI is InChI=1S/C17H16F3N3O2/c18-17(19,20)13-5-3-10(4-6-13)14(24)9-23-16(25)12-7-21-15(22-8-12)11-1-2-11/h3-8,11,14,24H,1-2,9H2,(H,23,25)/t14-/m1/s1. The van der Waals surface area contributed by atoms with Crippen LogP contribution >= 0.6 is 0 Å². The molecule has 1 amide bonds. The highest BCUT2D eigenvalue weighted by Crippen LogP contribution is 2.37. The molecule has 1 heterocycles. The number of aliphatic hydroxyl groups is 1. The Balaban J connectivity index is 1.55. The van der Waals surface area contributed by atoms with Crippen molar-refractivity contribution in [3.05, 3.63) is 59.2 Å². The molecule has 132 valence electrons. The quantitative estimate of drug-likeness (QED) is 0.869. The molecular weight excluding hydrogens is 335 g/mol. The van der Waals surface area contributed by atoms with E-state index < -0.39 is 23.8 Å². The van der Waals surface area contributed by atoms with Gasteiger partial charge in [-0.05, 0) is 30.5 Å². The number of halogens is 3. The van der Waals surface area contributed by atoms with Crippen LogP contribution in [0.3, 0.4) is 0 Å². The number of hydrogen-bond donors (Lipinski definition) is 2. The molecule has 2 aromatic rings. The van der Waals surface area contributed by atoms with E-state index >= 15 is 0 Å². The smallest absolute Gasteiger partial charge is 0.387 e. The molecule has 0 unspecified atom stereocenters. The van der Waals surface area contributed by atoms with Crippen molar-refractivity contribution in [2.45, 2.75) is 31.0 Å². The van der Waals surface area contributed by atoms with Crippen molar-refractivity contribution in [3.63, 3.8) is 0 Å². The Morgan fingerprint density at radius 3 is 2.32 bits per heavy atom. The van der Waals surface area contributed by atoms with E-state index in [2.05, 4.69) is 15.3 Å². The van der Waals surface area contributed by atoms with Crippen molar-refractivity contribution in [1.29, 1.82) is 0 Å². The van der Waals surface area contributed by atoms with Gasteiger partial charge in [0.2, 0.25) is 0 Å². The van der Waals surface area contributed by atoms with Gasteiger partial charge in [-0.2, -0.15) is 13.2 Å². The third-order valence-electron chi connectivity index (χ3n) is 3.96. The van der Waals surface area contributed by atoms with Crippen molar-refractivity contribution >= 4 is 5.91 Å². The summed E-state index contributed by atoms with van der Waals surface area (Å²) in [6.07, 6.45) is -0.556. The fourth-order valence-electron chi connectivity index (χ4n) is 2.31. The Bertz CT molecular complexity index is 741. The van der Waals surface area contributed by atoms with Gasteiger partial charge in [-0.25, -0.2) is 9.97 Å². The third-order valence-corrected chi connectivity index (χ3v) is 3.96. The largest absolute Gasteiger partial charge is 0.416 e. The summed E-state index contributed by atoms with van der Waals surface area (Å²) in [7, 11) is 0. The number of amides is 1. The number of rotatable bonds is 5. The number of carbonyl (C=O) groups excluding carboxylic acids is 1. The van der Waals surface area contributed by atoms with Crippen LogP contribution in [-0.4, -0.2) is 27.5 Å². The van der Waals surface area contributed by atoms with Crippen molar-refractivity contribution in [2.75, 3.05) is 6.54 Å². The SMILES string of the molecule is O=C(NC[C@@H](O)c1ccc(C(F)(F)F)cc1)c1cnc(C2CC2)nc1. The first-order valence-corrected chi connectivity index (χ1v) is 7.80. The van der Waals surface area contributed by atoms with E-state index in [1.807, 2.05) is 0 Å². The van der Waals surface area contributed by atoms with Crippen LogP contribution in [0.5, 0.6) is 0 Å². The highest BCUT2D eigenvalue weighted by Gasteiger charge is 2.30. The zero-order valence-corrected chi connectivity index (χ0v) is 13.1. The first-order valence-electron chi connectivity index (χ1n) is 7.80. The number of nitrogens with zero attached hydrogens (tertiary/aromatic N) is 2. The number of hydrogen-bond acceptors (Lipinski definition) is 4. The molecule has 0 radical (unpaired) electrons. The molecule has 0 bridgehead atoms. The lowest BCUT2D eigenvalue weighted by atomic mass is 10.1. The fraction of sp³-hybridized carbons (Fsp3) is 0.353. The van der Waals surface area contributed by atoms with E-state index in [1.54, 1.807) is 0 Å². The minimum atomic E-state index is -4.43. The average molecular weight is 351 g/mol. The summed E-state index contributed by atoms with van der Waals surface area (Å²) in [5.74, 6) is 0.660. The second-order valence-corrected chi connectivity index (χ2v) is 5.95. The molecule has 0 saturated heterocycles. The Labute approximate surface area is 141 Å². The van der Waals surface area contributed by atoms with Crippen LogP contribution in [-0.2, 0) is 6.18 Å². The van der Waals surface area contributed by atoms with Crippen LogP contribution in [0.1, 0.15) is 52.2 Å². The fourth-order valence-corrected chi connectivity index (χ4v) is 2.31. The molecular formula is C17H16F3N3O2. The lowest BCUT2D eigenvalue weighted by Crippen LogP contribution is -2.28. The molecule has 1 saturated carbocycles. The molecule has 0 aliphatic heterocycles. The van der Waals surface area contributed by atoms with E-state index in [4.69, 9.17) is 0 Å². The molecule has 1 aliphatic rings. The second-order valence-electron chi connectivity index (χ2n) is 5.95. The van der Waals surface area contributed by atoms with Crippen molar-refractivity contribution in [2.24, 2.45) is 0 Å². The molecule has 25 heavy (non-hydrogen) atoms. The van der Waals surface area contributed by atoms with E-state index in [0.717, 1.165) is 30.8 Å². The first kappa shape index (κ1) is 17.3. The van der Waals surface area contributed by atoms with Gasteiger partial charge in [-0.15, -0.1) is 0 Å². The summed E-state index contributed by atoms with van der Waals surface area (Å²) in [6.45, 7) is -0.130. The van der Waals surface area contributed by atoms with E-state index in [-0.39, 0.29) is 17.7 Å². The lowest BCUT2D eigenvalue weighted by Gasteiger charge is -2.13. The molecule has 1 aromatic heterocycles. The maximum atomic E-state index is 12.5. The van der Waals surface area contributed by atoms with Gasteiger partial charge in [0.1, 0.15) is 5.82 Å². The van der Waals surface area contributed by atoms with Gasteiger partial charge in [0.15, 0.2) is 0 Å². The number of benzene rings is 1. The number of carbonyl (C=O) groups is 1. The Morgan fingerprint density at radius 2 is 1.80 bits per heavy atom. The molecule has 2 N–H and O–H groups in total. The molecule has 3 rings (SSSR count). The van der Waals surface area contributed by atoms with Crippen LogP contribution < -0.4 is 5.32 Å². The van der Waals surface area contributed by atoms with Crippen molar-refractivity contribution in [1.82, 2.24) is 15.3 Å². The zero-order valence-electron chi connectivity index (χ0n) is 13.1. The van der Waals surface area contributed by atoms with Gasteiger partial charge in [0, 0.05) is 24.9 Å². The maximum Gasteiger partial charge on any atom is 0.416 e. The van der Waals surface area contributed by atoms with Crippen molar-refractivity contribution < 1.29 is 23.1 Å². The first-order chi connectivity index (χ1) is 11.8. The van der Waals surface area contributed by atoms with E-state index in [9.17, 15) is 23.1 Å². The van der Waals surface area contributed by atoms with Crippen LogP contribution in [0.2, 0.25) is 0 Å². The number of nitrogens with one attached hydrogen (secondary N) is 1. The number of aliphatic hydroxyl groups excluding tert-OH is 1. The molecule has 1 fully saturated rings. The summed E-state index contributed by atoms with van der Waals surface area (Å²) in [5, 5.41) is 12.5. The van der Waals surface area contributed by atoms with Gasteiger partial charge in [-0.1, -0.05) is 12.1 Å². The second kappa shape index (κ2) is 6.79. The predicted molar refractivity (Wildman–Crippen MR) is 82.7 cm³/mol. The molecule has 1 aromatic carbocycles. The summed E-state index contributed by atoms with van der Waals surface area (Å²) in [4.78, 5) is 20.3. The number of aromatic nitrogens is 2. The number of alkyl halides is 3. The summed E-state index contributed by atoms with van der Waals surface area (Å²) in [6, 6.07) is 4.16. The molecule has 1 atom stereocenters.